The van der Waals surface area contributed by atoms with Gasteiger partial charge >= 0.3 is 0 Å². The topological polar surface area (TPSA) is 58.4 Å². The van der Waals surface area contributed by atoms with Crippen LogP contribution in [-0.4, -0.2) is 35.4 Å². The zero-order valence-electron chi connectivity index (χ0n) is 12.5. The third-order valence-corrected chi connectivity index (χ3v) is 3.79. The van der Waals surface area contributed by atoms with Gasteiger partial charge in [-0.15, -0.1) is 0 Å². The van der Waals surface area contributed by atoms with Crippen LogP contribution in [-0.2, 0) is 4.79 Å². The van der Waals surface area contributed by atoms with Crippen molar-refractivity contribution in [3.63, 3.8) is 0 Å². The third kappa shape index (κ3) is 5.44. The lowest BCUT2D eigenvalue weighted by Crippen LogP contribution is -2.35. The number of anilines is 1. The molecule has 0 unspecified atom stereocenters. The molecule has 0 saturated heterocycles. The van der Waals surface area contributed by atoms with Crippen LogP contribution in [0.25, 0.3) is 0 Å². The maximum atomic E-state index is 12.2. The van der Waals surface area contributed by atoms with Crippen LogP contribution in [0.5, 0.6) is 0 Å². The Kier molecular flexibility index (Phi) is 5.70. The van der Waals surface area contributed by atoms with Crippen LogP contribution in [0.3, 0.4) is 0 Å². The van der Waals surface area contributed by atoms with Crippen LogP contribution in [0.4, 0.5) is 5.69 Å². The fourth-order valence-corrected chi connectivity index (χ4v) is 2.50. The van der Waals surface area contributed by atoms with Gasteiger partial charge in [-0.05, 0) is 43.9 Å². The number of hydrogen-bond donors (Lipinski definition) is 2. The number of nitrogens with zero attached hydrogens (tertiary/aromatic N) is 1. The molecule has 0 radical (unpaired) electrons. The summed E-state index contributed by atoms with van der Waals surface area (Å²) in [6.07, 6.45) is 3.67. The molecule has 0 bridgehead atoms. The maximum Gasteiger partial charge on any atom is 0.238 e. The molecule has 1 saturated carbocycles. The molecular weight excluding hydrogens is 282 g/mol. The quantitative estimate of drug-likeness (QED) is 0.724. The fourth-order valence-electron chi connectivity index (χ4n) is 2.37. The Labute approximate surface area is 131 Å². The summed E-state index contributed by atoms with van der Waals surface area (Å²) in [7, 11) is 0. The number of nitrogens with one attached hydrogen (secondary N) is 1. The van der Waals surface area contributed by atoms with E-state index in [1.807, 2.05) is 24.3 Å². The summed E-state index contributed by atoms with van der Waals surface area (Å²) in [4.78, 5) is 14.7. The van der Waals surface area contributed by atoms with Gasteiger partial charge in [-0.3, -0.25) is 9.69 Å². The molecule has 1 fully saturated rings. The highest BCUT2D eigenvalue weighted by atomic mass is 32.1. The van der Waals surface area contributed by atoms with Gasteiger partial charge in [0.2, 0.25) is 5.91 Å². The van der Waals surface area contributed by atoms with Gasteiger partial charge in [-0.1, -0.05) is 31.3 Å². The average Bonchev–Trinajstić information content (AvgIpc) is 3.23. The second kappa shape index (κ2) is 7.52. The Morgan fingerprint density at radius 1 is 1.48 bits per heavy atom. The Balaban J connectivity index is 1.90. The SMILES string of the molecule is CCCN(CC(=O)Nc1cccc(C(N)=S)c1)CC1CC1. The minimum Gasteiger partial charge on any atom is -0.389 e. The predicted octanol–water partition coefficient (Wildman–Crippen LogP) is 2.38. The number of benzene rings is 1. The summed E-state index contributed by atoms with van der Waals surface area (Å²) in [5.41, 5.74) is 7.12. The monoisotopic (exact) mass is 305 g/mol. The van der Waals surface area contributed by atoms with E-state index in [4.69, 9.17) is 18.0 Å². The van der Waals surface area contributed by atoms with E-state index in [0.29, 0.717) is 11.5 Å². The lowest BCUT2D eigenvalue weighted by Gasteiger charge is -2.20. The first-order valence-corrected chi connectivity index (χ1v) is 7.91. The molecule has 1 amide bonds. The molecule has 1 aromatic rings. The highest BCUT2D eigenvalue weighted by Crippen LogP contribution is 2.29. The maximum absolute atomic E-state index is 12.2. The molecule has 5 heteroatoms. The number of amides is 1. The Morgan fingerprint density at radius 2 is 2.24 bits per heavy atom. The van der Waals surface area contributed by atoms with Gasteiger partial charge in [0.25, 0.3) is 0 Å². The smallest absolute Gasteiger partial charge is 0.238 e. The molecule has 0 aliphatic heterocycles. The predicted molar refractivity (Wildman–Crippen MR) is 90.4 cm³/mol. The van der Waals surface area contributed by atoms with Gasteiger partial charge in [0.05, 0.1) is 6.54 Å². The summed E-state index contributed by atoms with van der Waals surface area (Å²) in [5.74, 6) is 0.812. The van der Waals surface area contributed by atoms with E-state index >= 15 is 0 Å². The van der Waals surface area contributed by atoms with Crippen molar-refractivity contribution in [3.05, 3.63) is 29.8 Å². The van der Waals surface area contributed by atoms with E-state index in [9.17, 15) is 4.79 Å². The van der Waals surface area contributed by atoms with E-state index in [2.05, 4.69) is 17.1 Å². The van der Waals surface area contributed by atoms with Crippen molar-refractivity contribution in [2.24, 2.45) is 11.7 Å². The molecule has 0 atom stereocenters. The number of carbonyl (C=O) groups is 1. The van der Waals surface area contributed by atoms with Crippen LogP contribution in [0.2, 0.25) is 0 Å². The van der Waals surface area contributed by atoms with Gasteiger partial charge in [-0.25, -0.2) is 0 Å². The van der Waals surface area contributed by atoms with Crippen molar-refractivity contribution in [3.8, 4) is 0 Å². The number of nitrogens with two attached hydrogens (primary N) is 1. The van der Waals surface area contributed by atoms with Crippen LogP contribution >= 0.6 is 12.2 Å². The standard InChI is InChI=1S/C16H23N3OS/c1-2-8-19(10-12-6-7-12)11-15(20)18-14-5-3-4-13(9-14)16(17)21/h3-5,9,12H,2,6-8,10-11H2,1H3,(H2,17,21)(H,18,20). The molecule has 2 rings (SSSR count). The zero-order chi connectivity index (χ0) is 15.2. The molecule has 1 aromatic carbocycles. The number of rotatable bonds is 8. The van der Waals surface area contributed by atoms with Gasteiger partial charge in [0.1, 0.15) is 4.99 Å². The zero-order valence-corrected chi connectivity index (χ0v) is 13.3. The highest BCUT2D eigenvalue weighted by molar-refractivity contribution is 7.80. The van der Waals surface area contributed by atoms with Gasteiger partial charge in [0, 0.05) is 17.8 Å². The largest absolute Gasteiger partial charge is 0.389 e. The molecule has 21 heavy (non-hydrogen) atoms. The second-order valence-corrected chi connectivity index (χ2v) is 6.11. The molecule has 0 heterocycles. The number of carbonyl (C=O) groups excluding carboxylic acids is 1. The van der Waals surface area contributed by atoms with Crippen molar-refractivity contribution < 1.29 is 4.79 Å². The van der Waals surface area contributed by atoms with Gasteiger partial charge < -0.3 is 11.1 Å². The lowest BCUT2D eigenvalue weighted by molar-refractivity contribution is -0.117. The molecule has 0 spiro atoms. The Bertz CT molecular complexity index is 514. The molecule has 0 aromatic heterocycles. The van der Waals surface area contributed by atoms with Crippen LogP contribution in [0.1, 0.15) is 31.7 Å². The molecule has 1 aliphatic carbocycles. The molecule has 1 aliphatic rings. The first-order valence-electron chi connectivity index (χ1n) is 7.50. The number of hydrogen-bond acceptors (Lipinski definition) is 3. The molecule has 3 N–H and O–H groups in total. The Hall–Kier alpha value is -1.46. The van der Waals surface area contributed by atoms with Crippen molar-refractivity contribution in [1.29, 1.82) is 0 Å². The minimum absolute atomic E-state index is 0.0178. The summed E-state index contributed by atoms with van der Waals surface area (Å²) in [6, 6.07) is 7.35. The summed E-state index contributed by atoms with van der Waals surface area (Å²) < 4.78 is 0. The van der Waals surface area contributed by atoms with Crippen molar-refractivity contribution in [2.45, 2.75) is 26.2 Å². The minimum atomic E-state index is 0.0178. The normalized spacial score (nSPS) is 14.2. The van der Waals surface area contributed by atoms with Crippen molar-refractivity contribution in [1.82, 2.24) is 4.90 Å². The van der Waals surface area contributed by atoms with E-state index in [0.717, 1.165) is 36.7 Å². The van der Waals surface area contributed by atoms with Crippen LogP contribution in [0, 0.1) is 5.92 Å². The second-order valence-electron chi connectivity index (χ2n) is 5.67. The van der Waals surface area contributed by atoms with Crippen molar-refractivity contribution in [2.75, 3.05) is 25.0 Å². The fraction of sp³-hybridized carbons (Fsp3) is 0.500. The molecular formula is C16H23N3OS. The van der Waals surface area contributed by atoms with E-state index in [1.165, 1.54) is 12.8 Å². The van der Waals surface area contributed by atoms with Gasteiger partial charge in [0.15, 0.2) is 0 Å². The summed E-state index contributed by atoms with van der Waals surface area (Å²) >= 11 is 4.95. The first-order chi connectivity index (χ1) is 10.1. The van der Waals surface area contributed by atoms with E-state index < -0.39 is 0 Å². The van der Waals surface area contributed by atoms with E-state index in [-0.39, 0.29) is 5.91 Å². The molecule has 114 valence electrons. The molecule has 4 nitrogen and oxygen atoms in total. The van der Waals surface area contributed by atoms with Crippen LogP contribution in [0.15, 0.2) is 24.3 Å². The van der Waals surface area contributed by atoms with Gasteiger partial charge in [-0.2, -0.15) is 0 Å². The summed E-state index contributed by atoms with van der Waals surface area (Å²) in [5, 5.41) is 2.92. The van der Waals surface area contributed by atoms with Crippen molar-refractivity contribution >= 4 is 28.8 Å². The number of thiocarbonyl (C=S) groups is 1. The van der Waals surface area contributed by atoms with Crippen LogP contribution < -0.4 is 11.1 Å². The lowest BCUT2D eigenvalue weighted by atomic mass is 10.2. The van der Waals surface area contributed by atoms with E-state index in [1.54, 1.807) is 0 Å². The highest BCUT2D eigenvalue weighted by Gasteiger charge is 2.24. The first kappa shape index (κ1) is 15.9. The Morgan fingerprint density at radius 3 is 2.86 bits per heavy atom. The summed E-state index contributed by atoms with van der Waals surface area (Å²) in [6.45, 7) is 4.59. The third-order valence-electron chi connectivity index (χ3n) is 3.55. The average molecular weight is 305 g/mol.